The number of benzene rings is 1. The summed E-state index contributed by atoms with van der Waals surface area (Å²) in [4.78, 5) is 21.7. The van der Waals surface area contributed by atoms with Gasteiger partial charge >= 0.3 is 5.97 Å². The van der Waals surface area contributed by atoms with E-state index in [0.29, 0.717) is 21.2 Å². The first-order valence-corrected chi connectivity index (χ1v) is 16.1. The number of hydrogen-bond donors (Lipinski definition) is 1. The van der Waals surface area contributed by atoms with Crippen LogP contribution in [0.2, 0.25) is 0 Å². The average Bonchev–Trinajstić information content (AvgIpc) is 3.73. The van der Waals surface area contributed by atoms with E-state index in [1.54, 1.807) is 18.3 Å². The maximum absolute atomic E-state index is 12.9. The summed E-state index contributed by atoms with van der Waals surface area (Å²) in [5, 5.41) is 3.49. The van der Waals surface area contributed by atoms with Crippen molar-refractivity contribution < 1.29 is 13.7 Å². The van der Waals surface area contributed by atoms with Crippen molar-refractivity contribution in [1.82, 2.24) is 9.97 Å². The molecule has 0 aliphatic rings. The fourth-order valence-corrected chi connectivity index (χ4v) is 6.75. The highest BCUT2D eigenvalue weighted by molar-refractivity contribution is 7.87. The molecule has 45 heavy (non-hydrogen) atoms. The third-order valence-corrected chi connectivity index (χ3v) is 9.09. The highest BCUT2D eigenvalue weighted by Crippen LogP contribution is 2.43. The van der Waals surface area contributed by atoms with Crippen LogP contribution in [0, 0.1) is 0 Å². The van der Waals surface area contributed by atoms with Crippen LogP contribution in [0.1, 0.15) is 30.1 Å². The van der Waals surface area contributed by atoms with Crippen molar-refractivity contribution in [3.05, 3.63) is 133 Å². The van der Waals surface area contributed by atoms with Crippen molar-refractivity contribution in [2.24, 2.45) is 0 Å². The van der Waals surface area contributed by atoms with E-state index in [9.17, 15) is 9.00 Å². The molecule has 1 atom stereocenters. The van der Waals surface area contributed by atoms with Crippen LogP contribution in [0.15, 0.2) is 131 Å². The van der Waals surface area contributed by atoms with Gasteiger partial charge in [-0.25, -0.2) is 14.8 Å². The number of anilines is 1. The van der Waals surface area contributed by atoms with Crippen LogP contribution in [0.4, 0.5) is 5.69 Å². The van der Waals surface area contributed by atoms with Crippen LogP contribution in [-0.4, -0.2) is 33.0 Å². The Bertz CT molecular complexity index is 1840. The molecule has 6 nitrogen and oxygen atoms in total. The van der Waals surface area contributed by atoms with E-state index in [0.717, 1.165) is 44.9 Å². The standard InChI is InChI=1S/C22H21N3O3S3.2C5H4.C4H4/c1-3-4-11-31(27)22-18(23)17-15(13-5-7-14(8-6-13)21(26)28-2)12-16(25-20(17)30-22)19-24-9-10-29-19;2*1-3-5-4-2;1-3-4-2/h5-10,12H,3-4,11,23H2,1-2H3;2*1-2H2;1-2H2. The zero-order valence-electron chi connectivity index (χ0n) is 25.3. The van der Waals surface area contributed by atoms with Gasteiger partial charge in [0.25, 0.3) is 0 Å². The lowest BCUT2D eigenvalue weighted by atomic mass is 10.0. The monoisotopic (exact) mass is 651 g/mol. The lowest BCUT2D eigenvalue weighted by molar-refractivity contribution is 0.0600. The number of fused-ring (bicyclic) bond motifs is 1. The van der Waals surface area contributed by atoms with Crippen LogP contribution in [-0.2, 0) is 15.5 Å². The minimum Gasteiger partial charge on any atom is -0.465 e. The van der Waals surface area contributed by atoms with E-state index in [2.05, 4.69) is 97.2 Å². The SMILES string of the molecule is C=C=C=C.C=C=C=C=C.C=C=C=C=C.CCCCS(=O)c1sc2nc(-c3nccs3)cc(-c3ccc(C(=O)OC)cc3)c2c1N. The number of pyridine rings is 1. The Kier molecular flexibility index (Phi) is 18.1. The number of carbonyl (C=O) groups is 1. The fourth-order valence-electron chi connectivity index (χ4n) is 3.35. The first-order chi connectivity index (χ1) is 21.8. The number of thiophene rings is 1. The van der Waals surface area contributed by atoms with Crippen LogP contribution < -0.4 is 5.73 Å². The summed E-state index contributed by atoms with van der Waals surface area (Å²) in [5.41, 5.74) is 28.8. The zero-order valence-corrected chi connectivity index (χ0v) is 27.8. The van der Waals surface area contributed by atoms with E-state index < -0.39 is 16.8 Å². The molecule has 3 aromatic heterocycles. The van der Waals surface area contributed by atoms with Crippen molar-refractivity contribution in [2.45, 2.75) is 24.0 Å². The molecule has 2 N–H and O–H groups in total. The van der Waals surface area contributed by atoms with Gasteiger partial charge in [0, 0.05) is 22.7 Å². The molecule has 0 radical (unpaired) electrons. The van der Waals surface area contributed by atoms with Crippen molar-refractivity contribution in [3.8, 4) is 21.8 Å². The van der Waals surface area contributed by atoms with Gasteiger partial charge in [-0.1, -0.05) is 59.9 Å². The molecule has 3 heterocycles. The summed E-state index contributed by atoms with van der Waals surface area (Å²) in [6, 6.07) is 9.11. The largest absolute Gasteiger partial charge is 0.465 e. The highest BCUT2D eigenvalue weighted by atomic mass is 32.2. The van der Waals surface area contributed by atoms with E-state index in [-0.39, 0.29) is 0 Å². The van der Waals surface area contributed by atoms with Gasteiger partial charge in [-0.2, -0.15) is 0 Å². The Morgan fingerprint density at radius 3 is 2.02 bits per heavy atom. The fraction of sp³-hybridized carbons (Fsp3) is 0.139. The van der Waals surface area contributed by atoms with Gasteiger partial charge in [-0.15, -0.1) is 22.7 Å². The Morgan fingerprint density at radius 2 is 1.58 bits per heavy atom. The maximum atomic E-state index is 12.9. The molecule has 228 valence electrons. The van der Waals surface area contributed by atoms with Gasteiger partial charge in [0.15, 0.2) is 0 Å². The van der Waals surface area contributed by atoms with Crippen LogP contribution in [0.5, 0.6) is 0 Å². The number of hydrogen-bond acceptors (Lipinski definition) is 8. The lowest BCUT2D eigenvalue weighted by Gasteiger charge is -2.08. The summed E-state index contributed by atoms with van der Waals surface area (Å²) in [5.74, 6) is 0.189. The van der Waals surface area contributed by atoms with Gasteiger partial charge in [0.2, 0.25) is 0 Å². The Balaban J connectivity index is 0.000000608. The highest BCUT2D eigenvalue weighted by Gasteiger charge is 2.21. The quantitative estimate of drug-likeness (QED) is 0.158. The molecule has 9 heteroatoms. The van der Waals surface area contributed by atoms with Gasteiger partial charge < -0.3 is 10.5 Å². The molecule has 4 rings (SSSR count). The molecule has 0 spiro atoms. The third-order valence-electron chi connectivity index (χ3n) is 5.30. The Hall–Kier alpha value is -5.16. The number of carbonyl (C=O) groups excluding carboxylic acids is 1. The molecule has 1 unspecified atom stereocenters. The number of thiazole rings is 1. The van der Waals surface area contributed by atoms with Crippen molar-refractivity contribution >= 4 is 55.3 Å². The second-order valence-electron chi connectivity index (χ2n) is 8.16. The third kappa shape index (κ3) is 11.8. The van der Waals surface area contributed by atoms with Crippen molar-refractivity contribution in [2.75, 3.05) is 18.6 Å². The topological polar surface area (TPSA) is 95.2 Å². The van der Waals surface area contributed by atoms with Crippen molar-refractivity contribution in [1.29, 1.82) is 0 Å². The van der Waals surface area contributed by atoms with Crippen LogP contribution in [0.25, 0.3) is 32.0 Å². The first kappa shape index (κ1) is 37.9. The number of unbranched alkanes of at least 4 members (excludes halogenated alkanes) is 1. The second kappa shape index (κ2) is 21.5. The minimum absolute atomic E-state index is 0.390. The smallest absolute Gasteiger partial charge is 0.337 e. The summed E-state index contributed by atoms with van der Waals surface area (Å²) in [6.45, 7) is 21.3. The number of methoxy groups -OCH3 is 1. The predicted octanol–water partition coefficient (Wildman–Crippen LogP) is 9.01. The van der Waals surface area contributed by atoms with E-state index in [1.807, 2.05) is 23.6 Å². The molecule has 0 saturated heterocycles. The average molecular weight is 652 g/mol. The van der Waals surface area contributed by atoms with Gasteiger partial charge in [0.05, 0.1) is 29.2 Å². The Morgan fingerprint density at radius 1 is 0.978 bits per heavy atom. The van der Waals surface area contributed by atoms with E-state index >= 15 is 0 Å². The maximum Gasteiger partial charge on any atom is 0.337 e. The van der Waals surface area contributed by atoms with Crippen molar-refractivity contribution in [3.63, 3.8) is 0 Å². The van der Waals surface area contributed by atoms with Crippen LogP contribution in [0.3, 0.4) is 0 Å². The molecule has 0 fully saturated rings. The zero-order chi connectivity index (χ0) is 33.6. The van der Waals surface area contributed by atoms with Gasteiger partial charge in [-0.3, -0.25) is 4.21 Å². The number of nitrogens with zero attached hydrogens (tertiary/aromatic N) is 2. The minimum atomic E-state index is -1.17. The lowest BCUT2D eigenvalue weighted by Crippen LogP contribution is -2.00. The normalized spacial score (nSPS) is 9.38. The van der Waals surface area contributed by atoms with Crippen LogP contribution >= 0.6 is 22.7 Å². The molecule has 0 saturated carbocycles. The molecule has 4 aromatic rings. The second-order valence-corrected chi connectivity index (χ2v) is 11.8. The number of rotatable bonds is 7. The molecule has 0 bridgehead atoms. The van der Waals surface area contributed by atoms with Gasteiger partial charge in [-0.05, 0) is 86.7 Å². The summed E-state index contributed by atoms with van der Waals surface area (Å²) < 4.78 is 18.3. The molecule has 0 amide bonds. The van der Waals surface area contributed by atoms with Gasteiger partial charge in [0.1, 0.15) is 19.7 Å². The number of nitrogen functional groups attached to an aromatic ring is 1. The number of esters is 1. The van der Waals surface area contributed by atoms with E-state index in [1.165, 1.54) is 29.8 Å². The molecule has 1 aromatic carbocycles. The number of ether oxygens (including phenoxy) is 1. The summed E-state index contributed by atoms with van der Waals surface area (Å²) in [6.07, 6.45) is 3.59. The first-order valence-electron chi connectivity index (χ1n) is 13.1. The molecular formula is C36H33N3O3S3. The Labute approximate surface area is 275 Å². The number of aromatic nitrogens is 2. The number of nitrogens with two attached hydrogens (primary N) is 1. The molecular weight excluding hydrogens is 619 g/mol. The molecule has 0 aliphatic carbocycles. The molecule has 0 aliphatic heterocycles. The predicted molar refractivity (Wildman–Crippen MR) is 190 cm³/mol. The van der Waals surface area contributed by atoms with E-state index in [4.69, 9.17) is 15.5 Å². The summed E-state index contributed by atoms with van der Waals surface area (Å²) >= 11 is 2.89. The summed E-state index contributed by atoms with van der Waals surface area (Å²) in [7, 11) is 0.189.